The van der Waals surface area contributed by atoms with E-state index in [2.05, 4.69) is 70.6 Å². The summed E-state index contributed by atoms with van der Waals surface area (Å²) < 4.78 is 61.0. The molecule has 0 spiro atoms. The Bertz CT molecular complexity index is 2790. The van der Waals surface area contributed by atoms with Crippen LogP contribution in [0.15, 0.2) is 144 Å². The molecule has 3 fully saturated rings. The third-order valence-corrected chi connectivity index (χ3v) is 10.9. The molecule has 11 rings (SSSR count). The summed E-state index contributed by atoms with van der Waals surface area (Å²) in [6, 6.07) is 46.9. The van der Waals surface area contributed by atoms with Crippen LogP contribution in [0.3, 0.4) is 0 Å². The minimum atomic E-state index is -2.27. The summed E-state index contributed by atoms with van der Waals surface area (Å²) in [7, 11) is 0. The van der Waals surface area contributed by atoms with Crippen LogP contribution >= 0.6 is 0 Å². The monoisotopic (exact) mass is 886 g/mol. The number of hydrogen-bond acceptors (Lipinski definition) is 3. The maximum Gasteiger partial charge on any atom is 0.120 e. The van der Waals surface area contributed by atoms with E-state index >= 15 is 0 Å². The maximum absolute atomic E-state index is 9.27. The van der Waals surface area contributed by atoms with Crippen LogP contribution in [-0.2, 0) is 20.1 Å². The van der Waals surface area contributed by atoms with Gasteiger partial charge in [0.2, 0.25) is 0 Å². The number of fused-ring (bicyclic) bond motifs is 6. The summed E-state index contributed by atoms with van der Waals surface area (Å²) in [6.45, 7) is -4.48. The molecule has 3 aliphatic carbocycles. The van der Waals surface area contributed by atoms with E-state index in [4.69, 9.17) is 12.6 Å². The second-order valence-electron chi connectivity index (χ2n) is 14.1. The van der Waals surface area contributed by atoms with Crippen molar-refractivity contribution < 1.29 is 34.1 Å². The van der Waals surface area contributed by atoms with Crippen LogP contribution in [-0.4, -0.2) is 9.97 Å². The Hall–Kier alpha value is -5.15. The van der Waals surface area contributed by atoms with Crippen LogP contribution in [0.1, 0.15) is 64.3 Å². The van der Waals surface area contributed by atoms with E-state index in [1.807, 2.05) is 60.8 Å². The summed E-state index contributed by atoms with van der Waals surface area (Å²) in [6.07, 6.45) is 9.26. The van der Waals surface area contributed by atoms with Gasteiger partial charge >= 0.3 is 0 Å². The van der Waals surface area contributed by atoms with E-state index in [1.165, 1.54) is 49.6 Å². The predicted molar refractivity (Wildman–Crippen MR) is 217 cm³/mol. The summed E-state index contributed by atoms with van der Waals surface area (Å²) in [5.74, 6) is 0.840. The third kappa shape index (κ3) is 7.21. The molecular formula is C50H42IrN2O-2. The molecular weight excluding hydrogens is 837 g/mol. The van der Waals surface area contributed by atoms with Crippen molar-refractivity contribution in [2.75, 3.05) is 0 Å². The van der Waals surface area contributed by atoms with E-state index in [0.29, 0.717) is 22.7 Å². The van der Waals surface area contributed by atoms with Gasteiger partial charge in [0.25, 0.3) is 0 Å². The molecule has 269 valence electrons. The van der Waals surface area contributed by atoms with E-state index in [-0.39, 0.29) is 31.2 Å². The first-order valence-corrected chi connectivity index (χ1v) is 18.3. The zero-order chi connectivity index (χ0) is 41.6. The summed E-state index contributed by atoms with van der Waals surface area (Å²) >= 11 is 0. The fourth-order valence-electron chi connectivity index (χ4n) is 8.10. The van der Waals surface area contributed by atoms with E-state index in [1.54, 1.807) is 12.1 Å². The van der Waals surface area contributed by atoms with Gasteiger partial charge in [-0.3, -0.25) is 0 Å². The summed E-state index contributed by atoms with van der Waals surface area (Å²) in [5.41, 5.74) is 9.77. The number of benzene rings is 5. The average Bonchev–Trinajstić information content (AvgIpc) is 3.66. The minimum Gasteiger partial charge on any atom is -0.501 e. The minimum absolute atomic E-state index is 0. The van der Waals surface area contributed by atoms with Gasteiger partial charge in [-0.25, -0.2) is 0 Å². The molecule has 0 N–H and O–H groups in total. The molecule has 3 aliphatic rings. The molecule has 3 saturated carbocycles. The van der Waals surface area contributed by atoms with Crippen LogP contribution < -0.4 is 0 Å². The number of para-hydroxylation sites is 1. The first kappa shape index (κ1) is 28.3. The summed E-state index contributed by atoms with van der Waals surface area (Å²) in [4.78, 5) is 8.87. The van der Waals surface area contributed by atoms with Crippen LogP contribution in [0.4, 0.5) is 0 Å². The second-order valence-corrected chi connectivity index (χ2v) is 14.1. The Morgan fingerprint density at radius 1 is 0.722 bits per heavy atom. The number of aromatic nitrogens is 2. The molecule has 3 heterocycles. The van der Waals surface area contributed by atoms with E-state index < -0.39 is 19.6 Å². The van der Waals surface area contributed by atoms with Gasteiger partial charge in [0, 0.05) is 47.5 Å². The van der Waals surface area contributed by atoms with Crippen LogP contribution in [0.2, 0.25) is 0 Å². The van der Waals surface area contributed by atoms with Crippen LogP contribution in [0, 0.1) is 37.7 Å². The van der Waals surface area contributed by atoms with Gasteiger partial charge in [-0.1, -0.05) is 127 Å². The Morgan fingerprint density at radius 3 is 2.31 bits per heavy atom. The van der Waals surface area contributed by atoms with Gasteiger partial charge in [-0.15, -0.1) is 47.5 Å². The zero-order valence-corrected chi connectivity index (χ0v) is 32.0. The fourth-order valence-corrected chi connectivity index (χ4v) is 8.10. The molecule has 1 atom stereocenters. The molecule has 2 bridgehead atoms. The first-order valence-electron chi connectivity index (χ1n) is 21.8. The molecule has 4 heteroatoms. The van der Waals surface area contributed by atoms with Gasteiger partial charge in [0.1, 0.15) is 5.58 Å². The topological polar surface area (TPSA) is 38.9 Å². The summed E-state index contributed by atoms with van der Waals surface area (Å²) in [5, 5.41) is 2.20. The first-order chi connectivity index (χ1) is 28.8. The number of hydrogen-bond donors (Lipinski definition) is 0. The molecule has 54 heavy (non-hydrogen) atoms. The Labute approximate surface area is 341 Å². The van der Waals surface area contributed by atoms with Crippen molar-refractivity contribution in [1.82, 2.24) is 9.97 Å². The molecule has 3 aromatic heterocycles. The van der Waals surface area contributed by atoms with Crippen molar-refractivity contribution in [2.45, 2.75) is 51.7 Å². The Balaban J connectivity index is 0.000000172. The van der Waals surface area contributed by atoms with Gasteiger partial charge in [0.15, 0.2) is 0 Å². The van der Waals surface area contributed by atoms with Crippen molar-refractivity contribution in [3.05, 3.63) is 169 Å². The van der Waals surface area contributed by atoms with Crippen molar-refractivity contribution in [2.24, 2.45) is 11.8 Å². The largest absolute Gasteiger partial charge is 0.501 e. The van der Waals surface area contributed by atoms with Crippen molar-refractivity contribution in [3.8, 4) is 44.8 Å². The van der Waals surface area contributed by atoms with E-state index in [0.717, 1.165) is 62.2 Å². The number of nitrogens with zero attached hydrogens (tertiary/aromatic N) is 2. The quantitative estimate of drug-likeness (QED) is 0.162. The molecule has 0 amide bonds. The molecule has 1 unspecified atom stereocenters. The van der Waals surface area contributed by atoms with Gasteiger partial charge in [-0.05, 0) is 95.2 Å². The fraction of sp³-hybridized carbons (Fsp3) is 0.200. The predicted octanol–water partition coefficient (Wildman–Crippen LogP) is 13.2. The molecule has 0 saturated heterocycles. The van der Waals surface area contributed by atoms with Gasteiger partial charge in [0.05, 0.1) is 5.58 Å². The Kier molecular flexibility index (Phi) is 8.22. The van der Waals surface area contributed by atoms with E-state index in [9.17, 15) is 1.37 Å². The van der Waals surface area contributed by atoms with Gasteiger partial charge < -0.3 is 14.4 Å². The molecule has 5 aromatic carbocycles. The van der Waals surface area contributed by atoms with Gasteiger partial charge in [-0.2, -0.15) is 0 Å². The maximum atomic E-state index is 9.27. The van der Waals surface area contributed by atoms with Crippen molar-refractivity contribution in [3.63, 3.8) is 0 Å². The number of rotatable bonds is 5. The molecule has 0 aliphatic heterocycles. The molecule has 1 radical (unpaired) electrons. The normalized spacial score (nSPS) is 21.2. The zero-order valence-electron chi connectivity index (χ0n) is 36.6. The standard InChI is InChI=1S/C31H26NO.C19H16N.Ir/c1-2-7-30-25(4-1)26-5-3-6-27(31(26)33-30)29-19-24(16-17-32-29)21-12-14-23(15-13-21)28-18-20-8-10-22(28)11-9-20;1-14-8-11-19(20-13-14)17-10-9-15(2)18(12-17)16-6-4-3-5-7-16;/h1-5,7,12-17,19-20,22,28H,8-11,18H2;3-9,11-13H,1-2H3;/q2*-1;/i28D;1D3,2D3;. The second kappa shape index (κ2) is 15.7. The Morgan fingerprint density at radius 2 is 1.56 bits per heavy atom. The smallest absolute Gasteiger partial charge is 0.120 e. The molecule has 8 aromatic rings. The van der Waals surface area contributed by atoms with Crippen molar-refractivity contribution >= 4 is 21.9 Å². The number of furan rings is 1. The SMILES string of the molecule is [2H]C([2H])([2H])c1ccc(-c2[c-]cc(C([2H])([2H])[2H])c(-c3ccccc3)c2)nc1.[2H]C1(c2ccc(-c3ccnc(-c4[c-]ccc5c4oc4ccccc45)c3)cc2)CC2CCC1CC2.[Ir]. The number of pyridine rings is 2. The van der Waals surface area contributed by atoms with Crippen LogP contribution in [0.5, 0.6) is 0 Å². The third-order valence-electron chi connectivity index (χ3n) is 10.9. The average molecular weight is 886 g/mol. The van der Waals surface area contributed by atoms with Crippen molar-refractivity contribution in [1.29, 1.82) is 0 Å². The molecule has 3 nitrogen and oxygen atoms in total. The number of aryl methyl sites for hydroxylation is 2. The van der Waals surface area contributed by atoms with Crippen LogP contribution in [0.25, 0.3) is 66.7 Å².